The first kappa shape index (κ1) is 16.8. The molecule has 1 aromatic heterocycles. The van der Waals surface area contributed by atoms with Crippen molar-refractivity contribution < 1.29 is 4.79 Å². The molecule has 1 amide bonds. The quantitative estimate of drug-likeness (QED) is 0.832. The molecule has 0 aliphatic rings. The van der Waals surface area contributed by atoms with Crippen LogP contribution in [-0.4, -0.2) is 15.5 Å². The normalized spacial score (nSPS) is 10.0. The maximum absolute atomic E-state index is 11.3. The SMILES string of the molecule is C=Cn1c(C#C/C=C/C)cnc1C(=C)Nc1cccc(C(N)=O)c1. The average Bonchev–Trinajstić information content (AvgIpc) is 2.98. The third-order valence-corrected chi connectivity index (χ3v) is 3.14. The summed E-state index contributed by atoms with van der Waals surface area (Å²) in [6.07, 6.45) is 6.88. The highest BCUT2D eigenvalue weighted by atomic mass is 16.1. The Kier molecular flexibility index (Phi) is 5.37. The first-order chi connectivity index (χ1) is 11.6. The highest BCUT2D eigenvalue weighted by Crippen LogP contribution is 2.18. The van der Waals surface area contributed by atoms with Crippen LogP contribution in [0.15, 0.2) is 55.8 Å². The highest BCUT2D eigenvalue weighted by molar-refractivity contribution is 5.94. The van der Waals surface area contributed by atoms with Gasteiger partial charge in [-0.2, -0.15) is 0 Å². The van der Waals surface area contributed by atoms with Gasteiger partial charge in [0, 0.05) is 17.5 Å². The molecule has 0 radical (unpaired) electrons. The van der Waals surface area contributed by atoms with Crippen LogP contribution in [0.5, 0.6) is 0 Å². The Balaban J connectivity index is 2.28. The van der Waals surface area contributed by atoms with Crippen LogP contribution < -0.4 is 11.1 Å². The van der Waals surface area contributed by atoms with Crippen LogP contribution in [0.2, 0.25) is 0 Å². The number of nitrogens with one attached hydrogen (secondary N) is 1. The van der Waals surface area contributed by atoms with E-state index in [0.29, 0.717) is 28.5 Å². The second kappa shape index (κ2) is 7.65. The van der Waals surface area contributed by atoms with Crippen molar-refractivity contribution in [1.29, 1.82) is 0 Å². The van der Waals surface area contributed by atoms with Crippen molar-refractivity contribution in [3.8, 4) is 11.8 Å². The van der Waals surface area contributed by atoms with Gasteiger partial charge < -0.3 is 11.1 Å². The number of carbonyl (C=O) groups excluding carboxylic acids is 1. The van der Waals surface area contributed by atoms with E-state index >= 15 is 0 Å². The number of primary amides is 1. The molecular formula is C19H18N4O. The summed E-state index contributed by atoms with van der Waals surface area (Å²) >= 11 is 0. The molecule has 0 spiro atoms. The molecule has 2 rings (SSSR count). The summed E-state index contributed by atoms with van der Waals surface area (Å²) in [4.78, 5) is 15.6. The van der Waals surface area contributed by atoms with E-state index in [-0.39, 0.29) is 0 Å². The van der Waals surface area contributed by atoms with Gasteiger partial charge in [0.15, 0.2) is 5.82 Å². The Morgan fingerprint density at radius 2 is 2.25 bits per heavy atom. The zero-order valence-corrected chi connectivity index (χ0v) is 13.4. The summed E-state index contributed by atoms with van der Waals surface area (Å²) in [6.45, 7) is 9.68. The van der Waals surface area contributed by atoms with Gasteiger partial charge in [-0.25, -0.2) is 4.98 Å². The van der Waals surface area contributed by atoms with Gasteiger partial charge in [-0.05, 0) is 37.1 Å². The lowest BCUT2D eigenvalue weighted by molar-refractivity contribution is 0.100. The number of rotatable bonds is 5. The molecule has 5 nitrogen and oxygen atoms in total. The molecule has 0 bridgehead atoms. The van der Waals surface area contributed by atoms with Gasteiger partial charge in [-0.3, -0.25) is 9.36 Å². The fraction of sp³-hybridized carbons (Fsp3) is 0.0526. The third-order valence-electron chi connectivity index (χ3n) is 3.14. The van der Waals surface area contributed by atoms with Crippen molar-refractivity contribution in [3.05, 3.63) is 72.9 Å². The molecule has 0 atom stereocenters. The number of aromatic nitrogens is 2. The molecule has 2 aromatic rings. The second-order valence-electron chi connectivity index (χ2n) is 4.84. The molecule has 0 saturated carbocycles. The minimum Gasteiger partial charge on any atom is -0.366 e. The number of allylic oxidation sites excluding steroid dienone is 2. The first-order valence-corrected chi connectivity index (χ1v) is 7.25. The number of nitrogens with two attached hydrogens (primary N) is 1. The summed E-state index contributed by atoms with van der Waals surface area (Å²) in [6, 6.07) is 6.85. The van der Waals surface area contributed by atoms with E-state index in [1.54, 1.807) is 41.2 Å². The van der Waals surface area contributed by atoms with E-state index in [1.165, 1.54) is 0 Å². The van der Waals surface area contributed by atoms with E-state index in [1.807, 2.05) is 19.1 Å². The standard InChI is InChI=1S/C19H18N4O/c1-4-6-7-11-17-13-21-19(23(17)5-2)14(3)22-16-10-8-9-15(12-16)18(20)24/h4-6,8-10,12-13,22H,2-3H2,1H3,(H2,20,24)/b6-4+. The van der Waals surface area contributed by atoms with Crippen LogP contribution in [0.3, 0.4) is 0 Å². The van der Waals surface area contributed by atoms with Gasteiger partial charge >= 0.3 is 0 Å². The van der Waals surface area contributed by atoms with E-state index < -0.39 is 5.91 Å². The van der Waals surface area contributed by atoms with Crippen molar-refractivity contribution >= 4 is 23.5 Å². The Morgan fingerprint density at radius 3 is 2.92 bits per heavy atom. The molecule has 120 valence electrons. The molecule has 24 heavy (non-hydrogen) atoms. The maximum Gasteiger partial charge on any atom is 0.248 e. The fourth-order valence-corrected chi connectivity index (χ4v) is 2.04. The Hall–Kier alpha value is -3.52. The lowest BCUT2D eigenvalue weighted by atomic mass is 10.2. The highest BCUT2D eigenvalue weighted by Gasteiger charge is 2.10. The minimum absolute atomic E-state index is 0.415. The predicted octanol–water partition coefficient (Wildman–Crippen LogP) is 3.09. The van der Waals surface area contributed by atoms with Crippen molar-refractivity contribution in [2.24, 2.45) is 5.73 Å². The molecule has 0 saturated heterocycles. The summed E-state index contributed by atoms with van der Waals surface area (Å²) < 4.78 is 1.74. The van der Waals surface area contributed by atoms with Crippen LogP contribution in [0.4, 0.5) is 5.69 Å². The lowest BCUT2D eigenvalue weighted by Gasteiger charge is -2.10. The molecule has 0 fully saturated rings. The van der Waals surface area contributed by atoms with Crippen LogP contribution in [0.25, 0.3) is 11.9 Å². The molecule has 5 heteroatoms. The largest absolute Gasteiger partial charge is 0.366 e. The van der Waals surface area contributed by atoms with E-state index in [2.05, 4.69) is 35.3 Å². The predicted molar refractivity (Wildman–Crippen MR) is 97.9 cm³/mol. The number of nitrogens with zero attached hydrogens (tertiary/aromatic N) is 2. The van der Waals surface area contributed by atoms with Crippen molar-refractivity contribution in [1.82, 2.24) is 9.55 Å². The van der Waals surface area contributed by atoms with Crippen LogP contribution in [0.1, 0.15) is 28.8 Å². The Bertz CT molecular complexity index is 878. The first-order valence-electron chi connectivity index (χ1n) is 7.25. The zero-order chi connectivity index (χ0) is 17.5. The van der Waals surface area contributed by atoms with Gasteiger partial charge in [0.2, 0.25) is 5.91 Å². The molecule has 1 aromatic carbocycles. The number of hydrogen-bond donors (Lipinski definition) is 2. The maximum atomic E-state index is 11.3. The van der Waals surface area contributed by atoms with Crippen molar-refractivity contribution in [3.63, 3.8) is 0 Å². The van der Waals surface area contributed by atoms with Gasteiger partial charge in [0.25, 0.3) is 0 Å². The topological polar surface area (TPSA) is 72.9 Å². The molecular weight excluding hydrogens is 300 g/mol. The van der Waals surface area contributed by atoms with Gasteiger partial charge in [-0.1, -0.05) is 31.2 Å². The summed E-state index contributed by atoms with van der Waals surface area (Å²) in [5.74, 6) is 5.99. The zero-order valence-electron chi connectivity index (χ0n) is 13.4. The molecule has 3 N–H and O–H groups in total. The second-order valence-corrected chi connectivity index (χ2v) is 4.84. The third kappa shape index (κ3) is 3.81. The van der Waals surface area contributed by atoms with Crippen molar-refractivity contribution in [2.45, 2.75) is 6.92 Å². The smallest absolute Gasteiger partial charge is 0.248 e. The van der Waals surface area contributed by atoms with Gasteiger partial charge in [0.05, 0.1) is 11.9 Å². The average molecular weight is 318 g/mol. The molecule has 0 aliphatic carbocycles. The van der Waals surface area contributed by atoms with Crippen LogP contribution >= 0.6 is 0 Å². The van der Waals surface area contributed by atoms with E-state index in [4.69, 9.17) is 5.73 Å². The fourth-order valence-electron chi connectivity index (χ4n) is 2.04. The number of anilines is 1. The molecule has 0 aliphatic heterocycles. The monoisotopic (exact) mass is 318 g/mol. The molecule has 0 unspecified atom stereocenters. The van der Waals surface area contributed by atoms with Crippen LogP contribution in [-0.2, 0) is 0 Å². The van der Waals surface area contributed by atoms with Gasteiger partial charge in [-0.15, -0.1) is 0 Å². The summed E-state index contributed by atoms with van der Waals surface area (Å²) in [5.41, 5.74) is 7.65. The summed E-state index contributed by atoms with van der Waals surface area (Å²) in [5, 5.41) is 3.11. The lowest BCUT2D eigenvalue weighted by Crippen LogP contribution is -2.11. The summed E-state index contributed by atoms with van der Waals surface area (Å²) in [7, 11) is 0. The molecule has 1 heterocycles. The van der Waals surface area contributed by atoms with E-state index in [0.717, 1.165) is 0 Å². The van der Waals surface area contributed by atoms with Crippen molar-refractivity contribution in [2.75, 3.05) is 5.32 Å². The number of benzene rings is 1. The number of imidazole rings is 1. The Morgan fingerprint density at radius 1 is 1.46 bits per heavy atom. The van der Waals surface area contributed by atoms with Crippen LogP contribution in [0, 0.1) is 11.8 Å². The van der Waals surface area contributed by atoms with Gasteiger partial charge in [0.1, 0.15) is 5.69 Å². The number of carbonyl (C=O) groups is 1. The minimum atomic E-state index is -0.488. The number of amides is 1. The Labute approximate surface area is 141 Å². The number of hydrogen-bond acceptors (Lipinski definition) is 3. The van der Waals surface area contributed by atoms with E-state index in [9.17, 15) is 4.79 Å².